The number of aryl methyl sites for hydroxylation is 1. The topological polar surface area (TPSA) is 24.9 Å². The quantitative estimate of drug-likeness (QED) is 0.452. The Labute approximate surface area is 175 Å². The van der Waals surface area contributed by atoms with Crippen LogP contribution in [-0.4, -0.2) is 29.6 Å². The highest BCUT2D eigenvalue weighted by Gasteiger charge is 2.11. The summed E-state index contributed by atoms with van der Waals surface area (Å²) < 4.78 is 26.7. The van der Waals surface area contributed by atoms with Gasteiger partial charge >= 0.3 is 0 Å². The molecule has 1 fully saturated rings. The van der Waals surface area contributed by atoms with Crippen LogP contribution in [0.4, 0.5) is 8.78 Å². The number of hydrogen-bond donors (Lipinski definition) is 1. The van der Waals surface area contributed by atoms with Crippen molar-refractivity contribution in [2.75, 3.05) is 24.6 Å². The molecule has 154 valence electrons. The highest BCUT2D eigenvalue weighted by Crippen LogP contribution is 2.26. The minimum absolute atomic E-state index is 0.519. The molecule has 1 atom stereocenters. The monoisotopic (exact) mass is 424 g/mol. The Morgan fingerprint density at radius 1 is 1.07 bits per heavy atom. The normalized spacial score (nSPS) is 17.6. The summed E-state index contributed by atoms with van der Waals surface area (Å²) >= 11 is 3.43. The molecule has 6 heteroatoms. The van der Waals surface area contributed by atoms with Gasteiger partial charge in [0.15, 0.2) is 0 Å². The second-order valence-electron chi connectivity index (χ2n) is 7.58. The molecule has 2 nitrogen and oxygen atoms in total. The van der Waals surface area contributed by atoms with E-state index in [1.807, 2.05) is 17.1 Å². The van der Waals surface area contributed by atoms with Gasteiger partial charge in [-0.2, -0.15) is 11.8 Å². The Balaban J connectivity index is 1.27. The molecule has 28 heavy (non-hydrogen) atoms. The second-order valence-corrected chi connectivity index (χ2v) is 9.66. The molecule has 1 aliphatic heterocycles. The SMILES string of the molecule is Fc1cc(F)cc(-c2nc(CCSCCCCCC3CCCCNC3)cs2)c1. The molecule has 0 aliphatic carbocycles. The summed E-state index contributed by atoms with van der Waals surface area (Å²) in [6, 6.07) is 3.57. The highest BCUT2D eigenvalue weighted by molar-refractivity contribution is 7.99. The first-order valence-electron chi connectivity index (χ1n) is 10.4. The van der Waals surface area contributed by atoms with E-state index in [-0.39, 0.29) is 0 Å². The number of halogens is 2. The van der Waals surface area contributed by atoms with Crippen LogP contribution in [0.3, 0.4) is 0 Å². The van der Waals surface area contributed by atoms with Gasteiger partial charge in [-0.25, -0.2) is 13.8 Å². The number of unbranched alkanes of at least 4 members (excludes halogenated alkanes) is 2. The molecular weight excluding hydrogens is 394 g/mol. The van der Waals surface area contributed by atoms with Crippen LogP contribution in [0.2, 0.25) is 0 Å². The third-order valence-corrected chi connectivity index (χ3v) is 7.22. The summed E-state index contributed by atoms with van der Waals surface area (Å²) in [5.74, 6) is 2.03. The van der Waals surface area contributed by atoms with Crippen molar-refractivity contribution in [2.45, 2.75) is 51.4 Å². The van der Waals surface area contributed by atoms with E-state index in [1.165, 1.54) is 87.3 Å². The van der Waals surface area contributed by atoms with E-state index in [2.05, 4.69) is 10.3 Å². The molecule has 2 heterocycles. The smallest absolute Gasteiger partial charge is 0.126 e. The lowest BCUT2D eigenvalue weighted by Crippen LogP contribution is -2.20. The summed E-state index contributed by atoms with van der Waals surface area (Å²) in [7, 11) is 0. The van der Waals surface area contributed by atoms with Crippen LogP contribution >= 0.6 is 23.1 Å². The minimum Gasteiger partial charge on any atom is -0.316 e. The average molecular weight is 425 g/mol. The first-order chi connectivity index (χ1) is 13.7. The molecule has 0 radical (unpaired) electrons. The summed E-state index contributed by atoms with van der Waals surface area (Å²) in [5, 5.41) is 6.24. The average Bonchev–Trinajstić information content (AvgIpc) is 2.99. The van der Waals surface area contributed by atoms with Crippen molar-refractivity contribution in [3.63, 3.8) is 0 Å². The zero-order valence-electron chi connectivity index (χ0n) is 16.4. The number of hydrogen-bond acceptors (Lipinski definition) is 4. The van der Waals surface area contributed by atoms with E-state index in [0.29, 0.717) is 10.6 Å². The van der Waals surface area contributed by atoms with Crippen molar-refractivity contribution in [3.05, 3.63) is 40.9 Å². The lowest BCUT2D eigenvalue weighted by molar-refractivity contribution is 0.426. The lowest BCUT2D eigenvalue weighted by atomic mass is 9.97. The van der Waals surface area contributed by atoms with Crippen LogP contribution in [0, 0.1) is 17.6 Å². The molecule has 0 bridgehead atoms. The van der Waals surface area contributed by atoms with Crippen molar-refractivity contribution < 1.29 is 8.78 Å². The van der Waals surface area contributed by atoms with E-state index in [1.54, 1.807) is 0 Å². The van der Waals surface area contributed by atoms with Gasteiger partial charge in [-0.3, -0.25) is 0 Å². The van der Waals surface area contributed by atoms with Crippen LogP contribution in [0.5, 0.6) is 0 Å². The fourth-order valence-electron chi connectivity index (χ4n) is 3.66. The largest absolute Gasteiger partial charge is 0.316 e. The highest BCUT2D eigenvalue weighted by atomic mass is 32.2. The fraction of sp³-hybridized carbons (Fsp3) is 0.591. The van der Waals surface area contributed by atoms with Crippen LogP contribution in [0.15, 0.2) is 23.6 Å². The van der Waals surface area contributed by atoms with Gasteiger partial charge in [0.05, 0.1) is 5.69 Å². The van der Waals surface area contributed by atoms with E-state index in [4.69, 9.17) is 0 Å². The summed E-state index contributed by atoms with van der Waals surface area (Å²) in [6.45, 7) is 2.42. The van der Waals surface area contributed by atoms with Gasteiger partial charge < -0.3 is 5.32 Å². The van der Waals surface area contributed by atoms with Gasteiger partial charge in [0.1, 0.15) is 16.6 Å². The molecule has 2 aromatic rings. The van der Waals surface area contributed by atoms with Gasteiger partial charge in [-0.05, 0) is 74.7 Å². The predicted octanol–water partition coefficient (Wildman–Crippen LogP) is 6.31. The van der Waals surface area contributed by atoms with Crippen LogP contribution in [0.1, 0.15) is 50.6 Å². The van der Waals surface area contributed by atoms with Crippen LogP contribution < -0.4 is 5.32 Å². The van der Waals surface area contributed by atoms with Gasteiger partial charge in [0.2, 0.25) is 0 Å². The number of aromatic nitrogens is 1. The van der Waals surface area contributed by atoms with E-state index >= 15 is 0 Å². The Hall–Kier alpha value is -0.980. The van der Waals surface area contributed by atoms with Gasteiger partial charge in [0.25, 0.3) is 0 Å². The Bertz CT molecular complexity index is 692. The maximum Gasteiger partial charge on any atom is 0.126 e. The molecule has 1 N–H and O–H groups in total. The zero-order chi connectivity index (χ0) is 19.6. The first-order valence-corrected chi connectivity index (χ1v) is 12.4. The molecule has 1 aromatic heterocycles. The van der Waals surface area contributed by atoms with Crippen LogP contribution in [-0.2, 0) is 6.42 Å². The maximum absolute atomic E-state index is 13.4. The maximum atomic E-state index is 13.4. The number of thiazole rings is 1. The Kier molecular flexibility index (Phi) is 9.22. The van der Waals surface area contributed by atoms with Gasteiger partial charge in [-0.15, -0.1) is 11.3 Å². The number of rotatable bonds is 10. The third-order valence-electron chi connectivity index (χ3n) is 5.21. The molecule has 1 saturated heterocycles. The van der Waals surface area contributed by atoms with Gasteiger partial charge in [-0.1, -0.05) is 19.3 Å². The molecular formula is C22H30F2N2S2. The number of nitrogens with zero attached hydrogens (tertiary/aromatic N) is 1. The predicted molar refractivity (Wildman–Crippen MR) is 117 cm³/mol. The van der Waals surface area contributed by atoms with Crippen LogP contribution in [0.25, 0.3) is 10.6 Å². The van der Waals surface area contributed by atoms with E-state index < -0.39 is 11.6 Å². The van der Waals surface area contributed by atoms with E-state index in [0.717, 1.165) is 29.9 Å². The molecule has 0 spiro atoms. The zero-order valence-corrected chi connectivity index (χ0v) is 18.0. The lowest BCUT2D eigenvalue weighted by Gasteiger charge is -2.13. The Morgan fingerprint density at radius 3 is 2.79 bits per heavy atom. The number of thioether (sulfide) groups is 1. The molecule has 1 unspecified atom stereocenters. The molecule has 1 aliphatic rings. The van der Waals surface area contributed by atoms with Crippen molar-refractivity contribution in [1.29, 1.82) is 0 Å². The molecule has 1 aromatic carbocycles. The van der Waals surface area contributed by atoms with Crippen molar-refractivity contribution in [3.8, 4) is 10.6 Å². The van der Waals surface area contributed by atoms with Crippen molar-refractivity contribution in [1.82, 2.24) is 10.3 Å². The standard InChI is InChI=1S/C22H30F2N2S2/c23-19-12-18(13-20(24)14-19)22-26-21(16-28-22)8-11-27-10-5-1-2-6-17-7-3-4-9-25-15-17/h12-14,16-17,25H,1-11,15H2. The van der Waals surface area contributed by atoms with Crippen molar-refractivity contribution in [2.24, 2.45) is 5.92 Å². The second kappa shape index (κ2) is 11.9. The van der Waals surface area contributed by atoms with Crippen molar-refractivity contribution >= 4 is 23.1 Å². The van der Waals surface area contributed by atoms with Gasteiger partial charge in [0, 0.05) is 17.0 Å². The first kappa shape index (κ1) is 21.7. The molecule has 3 rings (SSSR count). The molecule has 0 saturated carbocycles. The minimum atomic E-state index is -0.558. The number of benzene rings is 1. The summed E-state index contributed by atoms with van der Waals surface area (Å²) in [5.41, 5.74) is 1.53. The number of nitrogens with one attached hydrogen (secondary N) is 1. The van der Waals surface area contributed by atoms with E-state index in [9.17, 15) is 8.78 Å². The summed E-state index contributed by atoms with van der Waals surface area (Å²) in [4.78, 5) is 4.54. The summed E-state index contributed by atoms with van der Waals surface area (Å²) in [6.07, 6.45) is 10.4. The Morgan fingerprint density at radius 2 is 1.93 bits per heavy atom. The third kappa shape index (κ3) is 7.45. The molecule has 0 amide bonds. The fourth-order valence-corrected chi connectivity index (χ4v) is 5.47.